The molecule has 0 radical (unpaired) electrons. The number of Topliss-reactive ketones (excluding diaryl/α,β-unsaturated/α-hetero) is 1. The summed E-state index contributed by atoms with van der Waals surface area (Å²) in [4.78, 5) is 22.7. The van der Waals surface area contributed by atoms with Crippen molar-refractivity contribution < 1.29 is 14.3 Å². The molecule has 0 aliphatic carbocycles. The van der Waals surface area contributed by atoms with Gasteiger partial charge in [-0.25, -0.2) is 4.79 Å². The van der Waals surface area contributed by atoms with E-state index in [0.717, 1.165) is 11.1 Å². The Morgan fingerprint density at radius 3 is 2.87 bits per heavy atom. The summed E-state index contributed by atoms with van der Waals surface area (Å²) >= 11 is 0. The molecule has 0 saturated heterocycles. The molecule has 0 spiro atoms. The van der Waals surface area contributed by atoms with Gasteiger partial charge < -0.3 is 4.74 Å². The topological polar surface area (TPSA) is 43.4 Å². The van der Waals surface area contributed by atoms with Crippen molar-refractivity contribution in [2.24, 2.45) is 0 Å². The SMILES string of the molecule is CC(=O)C1Cc2cc(C)ccc2C(=O)O1. The van der Waals surface area contributed by atoms with E-state index in [1.54, 1.807) is 6.07 Å². The molecule has 0 aromatic heterocycles. The number of carbonyl (C=O) groups is 2. The average Bonchev–Trinajstić information content (AvgIpc) is 2.16. The maximum absolute atomic E-state index is 11.5. The van der Waals surface area contributed by atoms with Crippen LogP contribution in [0, 0.1) is 6.92 Å². The minimum absolute atomic E-state index is 0.101. The lowest BCUT2D eigenvalue weighted by Crippen LogP contribution is -2.32. The second-order valence-electron chi connectivity index (χ2n) is 3.87. The van der Waals surface area contributed by atoms with Crippen LogP contribution in [-0.4, -0.2) is 17.9 Å². The summed E-state index contributed by atoms with van der Waals surface area (Å²) in [5.41, 5.74) is 2.58. The van der Waals surface area contributed by atoms with Crippen LogP contribution < -0.4 is 0 Å². The van der Waals surface area contributed by atoms with E-state index in [-0.39, 0.29) is 5.78 Å². The smallest absolute Gasteiger partial charge is 0.339 e. The predicted octanol–water partition coefficient (Wildman–Crippen LogP) is 1.67. The number of esters is 1. The summed E-state index contributed by atoms with van der Waals surface area (Å²) < 4.78 is 5.03. The number of fused-ring (bicyclic) bond motifs is 1. The van der Waals surface area contributed by atoms with Crippen molar-refractivity contribution in [3.63, 3.8) is 0 Å². The summed E-state index contributed by atoms with van der Waals surface area (Å²) in [5.74, 6) is -0.494. The largest absolute Gasteiger partial charge is 0.450 e. The van der Waals surface area contributed by atoms with E-state index in [2.05, 4.69) is 0 Å². The highest BCUT2D eigenvalue weighted by Crippen LogP contribution is 2.22. The van der Waals surface area contributed by atoms with Gasteiger partial charge in [0.15, 0.2) is 11.9 Å². The molecule has 1 aromatic carbocycles. The molecule has 3 heteroatoms. The average molecular weight is 204 g/mol. The van der Waals surface area contributed by atoms with Crippen LogP contribution in [0.4, 0.5) is 0 Å². The molecule has 0 amide bonds. The lowest BCUT2D eigenvalue weighted by atomic mass is 9.95. The maximum atomic E-state index is 11.5. The Labute approximate surface area is 88.1 Å². The monoisotopic (exact) mass is 204 g/mol. The maximum Gasteiger partial charge on any atom is 0.339 e. The summed E-state index contributed by atoms with van der Waals surface area (Å²) in [6.07, 6.45) is -0.107. The standard InChI is InChI=1S/C12H12O3/c1-7-3-4-10-9(5-7)6-11(8(2)13)15-12(10)14/h3-5,11H,6H2,1-2H3. The van der Waals surface area contributed by atoms with E-state index in [1.165, 1.54) is 6.92 Å². The van der Waals surface area contributed by atoms with E-state index in [0.29, 0.717) is 12.0 Å². The van der Waals surface area contributed by atoms with Gasteiger partial charge in [0.1, 0.15) is 0 Å². The van der Waals surface area contributed by atoms with Crippen LogP contribution in [0.5, 0.6) is 0 Å². The van der Waals surface area contributed by atoms with Crippen LogP contribution in [0.1, 0.15) is 28.4 Å². The van der Waals surface area contributed by atoms with Gasteiger partial charge in [0.2, 0.25) is 0 Å². The van der Waals surface area contributed by atoms with Gasteiger partial charge in [0.25, 0.3) is 0 Å². The first-order valence-corrected chi connectivity index (χ1v) is 4.89. The number of rotatable bonds is 1. The number of hydrogen-bond donors (Lipinski definition) is 0. The van der Waals surface area contributed by atoms with E-state index in [4.69, 9.17) is 4.74 Å². The van der Waals surface area contributed by atoms with Crippen molar-refractivity contribution in [3.8, 4) is 0 Å². The number of ketones is 1. The van der Waals surface area contributed by atoms with Crippen LogP contribution in [-0.2, 0) is 16.0 Å². The third-order valence-corrected chi connectivity index (χ3v) is 2.59. The highest BCUT2D eigenvalue weighted by molar-refractivity contribution is 5.95. The highest BCUT2D eigenvalue weighted by atomic mass is 16.5. The van der Waals surface area contributed by atoms with Crippen molar-refractivity contribution >= 4 is 11.8 Å². The van der Waals surface area contributed by atoms with E-state index in [9.17, 15) is 9.59 Å². The van der Waals surface area contributed by atoms with E-state index >= 15 is 0 Å². The zero-order valence-corrected chi connectivity index (χ0v) is 8.74. The van der Waals surface area contributed by atoms with Gasteiger partial charge in [0, 0.05) is 6.42 Å². The molecular weight excluding hydrogens is 192 g/mol. The normalized spacial score (nSPS) is 19.3. The zero-order valence-electron chi connectivity index (χ0n) is 8.74. The van der Waals surface area contributed by atoms with Gasteiger partial charge in [-0.15, -0.1) is 0 Å². The van der Waals surface area contributed by atoms with Crippen molar-refractivity contribution in [2.75, 3.05) is 0 Å². The van der Waals surface area contributed by atoms with Crippen LogP contribution in [0.3, 0.4) is 0 Å². The molecule has 0 fully saturated rings. The molecule has 15 heavy (non-hydrogen) atoms. The minimum Gasteiger partial charge on any atom is -0.450 e. The Bertz CT molecular complexity index is 434. The first-order valence-electron chi connectivity index (χ1n) is 4.89. The summed E-state index contributed by atoms with van der Waals surface area (Å²) in [5, 5.41) is 0. The summed E-state index contributed by atoms with van der Waals surface area (Å²) in [6.45, 7) is 3.40. The molecule has 1 aliphatic heterocycles. The number of cyclic esters (lactones) is 1. The highest BCUT2D eigenvalue weighted by Gasteiger charge is 2.28. The molecule has 1 heterocycles. The second kappa shape index (κ2) is 3.50. The summed E-state index contributed by atoms with van der Waals surface area (Å²) in [7, 11) is 0. The van der Waals surface area contributed by atoms with Crippen LogP contribution in [0.25, 0.3) is 0 Å². The van der Waals surface area contributed by atoms with E-state index < -0.39 is 12.1 Å². The van der Waals surface area contributed by atoms with Gasteiger partial charge in [-0.2, -0.15) is 0 Å². The lowest BCUT2D eigenvalue weighted by molar-refractivity contribution is -0.125. The van der Waals surface area contributed by atoms with Gasteiger partial charge in [-0.3, -0.25) is 4.79 Å². The van der Waals surface area contributed by atoms with Gasteiger partial charge in [-0.1, -0.05) is 17.7 Å². The quantitative estimate of drug-likeness (QED) is 0.653. The molecule has 1 aromatic rings. The Kier molecular flexibility index (Phi) is 2.31. The van der Waals surface area contributed by atoms with Gasteiger partial charge in [0.05, 0.1) is 5.56 Å². The Morgan fingerprint density at radius 2 is 2.20 bits per heavy atom. The van der Waals surface area contributed by atoms with Crippen molar-refractivity contribution in [3.05, 3.63) is 34.9 Å². The zero-order chi connectivity index (χ0) is 11.0. The molecular formula is C12H12O3. The molecule has 1 atom stereocenters. The predicted molar refractivity (Wildman–Crippen MR) is 54.8 cm³/mol. The number of ether oxygens (including phenoxy) is 1. The van der Waals surface area contributed by atoms with Crippen LogP contribution >= 0.6 is 0 Å². The molecule has 78 valence electrons. The Balaban J connectivity index is 2.41. The first-order chi connectivity index (χ1) is 7.08. The Morgan fingerprint density at radius 1 is 1.47 bits per heavy atom. The number of hydrogen-bond acceptors (Lipinski definition) is 3. The molecule has 3 nitrogen and oxygen atoms in total. The van der Waals surface area contributed by atoms with Gasteiger partial charge in [-0.05, 0) is 25.5 Å². The fourth-order valence-corrected chi connectivity index (χ4v) is 1.75. The van der Waals surface area contributed by atoms with Gasteiger partial charge >= 0.3 is 5.97 Å². The Hall–Kier alpha value is -1.64. The molecule has 0 N–H and O–H groups in total. The third-order valence-electron chi connectivity index (χ3n) is 2.59. The number of benzene rings is 1. The third kappa shape index (κ3) is 1.77. The minimum atomic E-state index is -0.605. The fourth-order valence-electron chi connectivity index (χ4n) is 1.75. The molecule has 2 rings (SSSR count). The molecule has 0 saturated carbocycles. The fraction of sp³-hybridized carbons (Fsp3) is 0.333. The number of aryl methyl sites for hydroxylation is 1. The lowest BCUT2D eigenvalue weighted by Gasteiger charge is -2.22. The van der Waals surface area contributed by atoms with Crippen molar-refractivity contribution in [1.29, 1.82) is 0 Å². The van der Waals surface area contributed by atoms with Crippen molar-refractivity contribution in [1.82, 2.24) is 0 Å². The first kappa shape index (κ1) is 9.90. The van der Waals surface area contributed by atoms with E-state index in [1.807, 2.05) is 19.1 Å². The van der Waals surface area contributed by atoms with Crippen molar-refractivity contribution in [2.45, 2.75) is 26.4 Å². The van der Waals surface area contributed by atoms with Crippen LogP contribution in [0.2, 0.25) is 0 Å². The molecule has 0 bridgehead atoms. The molecule has 1 aliphatic rings. The number of carbonyl (C=O) groups excluding carboxylic acids is 2. The second-order valence-corrected chi connectivity index (χ2v) is 3.87. The van der Waals surface area contributed by atoms with Crippen LogP contribution in [0.15, 0.2) is 18.2 Å². The summed E-state index contributed by atoms with van der Waals surface area (Å²) in [6, 6.07) is 5.56. The molecule has 1 unspecified atom stereocenters.